The summed E-state index contributed by atoms with van der Waals surface area (Å²) in [7, 11) is 0. The SMILES string of the molecule is Cc1cccc(C)c1-c1cc(-c2c(C)cccc2C)cc(N(c2cc(F)ccc2F)c2ccc3ccc4c(N(c5cc(-c6c(C)cccc6C)cc(-c6c(C)cccc6C)c5)c5cc(F)ccc5F)ccc5ccc2c3c54)c1. The lowest BCUT2D eigenvalue weighted by atomic mass is 9.89. The Bertz CT molecular complexity index is 3880. The summed E-state index contributed by atoms with van der Waals surface area (Å²) in [5.41, 5.74) is 19.4. The number of halogens is 4. The van der Waals surface area contributed by atoms with Crippen molar-refractivity contribution in [3.8, 4) is 44.5 Å². The molecule has 0 heterocycles. The van der Waals surface area contributed by atoms with Gasteiger partial charge in [0.15, 0.2) is 0 Å². The molecule has 0 unspecified atom stereocenters. The van der Waals surface area contributed by atoms with E-state index in [2.05, 4.69) is 189 Å². The molecule has 12 aromatic carbocycles. The lowest BCUT2D eigenvalue weighted by molar-refractivity contribution is 0.601. The molecule has 0 saturated carbocycles. The zero-order chi connectivity index (χ0) is 54.3. The Morgan fingerprint density at radius 1 is 0.269 bits per heavy atom. The fraction of sp³-hybridized carbons (Fsp3) is 0.111. The van der Waals surface area contributed by atoms with Crippen LogP contribution in [0, 0.1) is 78.7 Å². The Morgan fingerprint density at radius 3 is 0.846 bits per heavy atom. The van der Waals surface area contributed by atoms with Gasteiger partial charge in [-0.15, -0.1) is 0 Å². The third kappa shape index (κ3) is 8.53. The summed E-state index contributed by atoms with van der Waals surface area (Å²) in [6, 6.07) is 61.2. The smallest absolute Gasteiger partial charge is 0.147 e. The van der Waals surface area contributed by atoms with Gasteiger partial charge in [0.1, 0.15) is 23.3 Å². The van der Waals surface area contributed by atoms with Crippen molar-refractivity contribution >= 4 is 66.4 Å². The lowest BCUT2D eigenvalue weighted by Gasteiger charge is -2.31. The van der Waals surface area contributed by atoms with Crippen LogP contribution in [0.3, 0.4) is 0 Å². The van der Waals surface area contributed by atoms with E-state index in [-0.39, 0.29) is 11.4 Å². The van der Waals surface area contributed by atoms with E-state index in [0.29, 0.717) is 22.7 Å². The van der Waals surface area contributed by atoms with Crippen molar-refractivity contribution in [3.63, 3.8) is 0 Å². The number of anilines is 6. The van der Waals surface area contributed by atoms with Gasteiger partial charge in [0.05, 0.1) is 22.7 Å². The number of benzene rings is 12. The van der Waals surface area contributed by atoms with E-state index in [0.717, 1.165) is 133 Å². The fourth-order valence-electron chi connectivity index (χ4n) is 12.4. The minimum absolute atomic E-state index is 0.0491. The molecule has 0 aromatic heterocycles. The first-order valence-electron chi connectivity index (χ1n) is 26.4. The number of nitrogens with zero attached hydrogens (tertiary/aromatic N) is 2. The summed E-state index contributed by atoms with van der Waals surface area (Å²) in [6.07, 6.45) is 0. The van der Waals surface area contributed by atoms with Crippen LogP contribution < -0.4 is 9.80 Å². The third-order valence-electron chi connectivity index (χ3n) is 15.8. The predicted octanol–water partition coefficient (Wildman–Crippen LogP) is 21.2. The van der Waals surface area contributed by atoms with Crippen LogP contribution in [0.4, 0.5) is 51.7 Å². The molecule has 78 heavy (non-hydrogen) atoms. The molecule has 0 spiro atoms. The number of aryl methyl sites for hydroxylation is 8. The predicted molar refractivity (Wildman–Crippen MR) is 319 cm³/mol. The van der Waals surface area contributed by atoms with Crippen LogP contribution in [0.1, 0.15) is 44.5 Å². The molecule has 0 fully saturated rings. The average molecular weight is 1030 g/mol. The van der Waals surface area contributed by atoms with E-state index >= 15 is 17.6 Å². The molecule has 12 rings (SSSR count). The van der Waals surface area contributed by atoms with Crippen molar-refractivity contribution in [1.82, 2.24) is 0 Å². The maximum Gasteiger partial charge on any atom is 0.147 e. The van der Waals surface area contributed by atoms with Crippen LogP contribution in [-0.2, 0) is 0 Å². The Balaban J connectivity index is 1.15. The molecule has 0 aliphatic rings. The maximum absolute atomic E-state index is 16.9. The lowest BCUT2D eigenvalue weighted by Crippen LogP contribution is -2.14. The van der Waals surface area contributed by atoms with Gasteiger partial charge in [0.2, 0.25) is 0 Å². The molecule has 0 saturated heterocycles. The minimum atomic E-state index is -0.591. The first-order valence-corrected chi connectivity index (χ1v) is 26.4. The zero-order valence-electron chi connectivity index (χ0n) is 44.9. The van der Waals surface area contributed by atoms with Crippen LogP contribution in [0.2, 0.25) is 0 Å². The van der Waals surface area contributed by atoms with Crippen LogP contribution in [0.5, 0.6) is 0 Å². The van der Waals surface area contributed by atoms with Crippen molar-refractivity contribution in [2.45, 2.75) is 55.4 Å². The van der Waals surface area contributed by atoms with Gasteiger partial charge in [-0.25, -0.2) is 17.6 Å². The molecule has 0 aliphatic heterocycles. The number of rotatable bonds is 10. The molecule has 0 aliphatic carbocycles. The summed E-state index contributed by atoms with van der Waals surface area (Å²) in [5, 5.41) is 5.18. The molecule has 0 bridgehead atoms. The first-order chi connectivity index (χ1) is 37.6. The molecule has 0 N–H and O–H groups in total. The summed E-state index contributed by atoms with van der Waals surface area (Å²) >= 11 is 0. The molecule has 0 atom stereocenters. The fourth-order valence-corrected chi connectivity index (χ4v) is 12.4. The van der Waals surface area contributed by atoms with Gasteiger partial charge in [-0.3, -0.25) is 0 Å². The Morgan fingerprint density at radius 2 is 0.551 bits per heavy atom. The van der Waals surface area contributed by atoms with Crippen molar-refractivity contribution in [3.05, 3.63) is 262 Å². The standard InChI is InChI=1S/C72H56F4N2/c1-41-13-9-14-42(2)67(41)51-33-52(68-43(3)15-10-16-44(68)4)36-57(35-51)77(65-39-55(73)25-29-61(65)75)63-31-23-49-22-28-60-64(32-24-50-21-27-59(63)71(49)72(50)60)78(66-40-56(74)26-30-62(66)76)58-37-53(69-45(5)17-11-18-46(69)6)34-54(38-58)70-47(7)19-12-20-48(70)8/h9-40H,1-8H3. The monoisotopic (exact) mass is 1020 g/mol. The largest absolute Gasteiger partial charge is 0.307 e. The summed E-state index contributed by atoms with van der Waals surface area (Å²) in [5.74, 6) is -2.34. The average Bonchev–Trinajstić information content (AvgIpc) is 3.57. The van der Waals surface area contributed by atoms with Crippen LogP contribution in [0.15, 0.2) is 194 Å². The molecule has 12 aromatic rings. The highest BCUT2D eigenvalue weighted by Gasteiger charge is 2.27. The van der Waals surface area contributed by atoms with Gasteiger partial charge >= 0.3 is 0 Å². The van der Waals surface area contributed by atoms with Crippen molar-refractivity contribution in [2.24, 2.45) is 0 Å². The minimum Gasteiger partial charge on any atom is -0.307 e. The quantitative estimate of drug-likeness (QED) is 0.0995. The van der Waals surface area contributed by atoms with E-state index in [1.807, 2.05) is 34.1 Å². The van der Waals surface area contributed by atoms with Gasteiger partial charge in [-0.05, 0) is 239 Å². The second-order valence-corrected chi connectivity index (χ2v) is 21.1. The highest BCUT2D eigenvalue weighted by atomic mass is 19.1. The van der Waals surface area contributed by atoms with Crippen LogP contribution in [0.25, 0.3) is 76.8 Å². The molecule has 2 nitrogen and oxygen atoms in total. The molecule has 0 radical (unpaired) electrons. The van der Waals surface area contributed by atoms with Crippen LogP contribution >= 0.6 is 0 Å². The van der Waals surface area contributed by atoms with Crippen LogP contribution in [-0.4, -0.2) is 0 Å². The topological polar surface area (TPSA) is 6.48 Å². The Hall–Kier alpha value is -9.00. The van der Waals surface area contributed by atoms with Gasteiger partial charge in [-0.2, -0.15) is 0 Å². The van der Waals surface area contributed by atoms with E-state index in [9.17, 15) is 0 Å². The van der Waals surface area contributed by atoms with Gasteiger partial charge in [0, 0.05) is 34.3 Å². The second-order valence-electron chi connectivity index (χ2n) is 21.1. The molecule has 382 valence electrons. The van der Waals surface area contributed by atoms with Crippen molar-refractivity contribution in [1.29, 1.82) is 0 Å². The number of hydrogen-bond donors (Lipinski definition) is 0. The summed E-state index contributed by atoms with van der Waals surface area (Å²) < 4.78 is 65.4. The molecular formula is C72H56F4N2. The van der Waals surface area contributed by atoms with E-state index in [1.54, 1.807) is 0 Å². The number of hydrogen-bond acceptors (Lipinski definition) is 2. The third-order valence-corrected chi connectivity index (χ3v) is 15.8. The molecule has 0 amide bonds. The highest BCUT2D eigenvalue weighted by Crippen LogP contribution is 2.51. The maximum atomic E-state index is 16.9. The second kappa shape index (κ2) is 19.5. The summed E-state index contributed by atoms with van der Waals surface area (Å²) in [6.45, 7) is 16.8. The summed E-state index contributed by atoms with van der Waals surface area (Å²) in [4.78, 5) is 3.70. The molecular weight excluding hydrogens is 969 g/mol. The highest BCUT2D eigenvalue weighted by molar-refractivity contribution is 6.28. The van der Waals surface area contributed by atoms with Gasteiger partial charge in [0.25, 0.3) is 0 Å². The van der Waals surface area contributed by atoms with Gasteiger partial charge in [-0.1, -0.05) is 109 Å². The Labute approximate surface area is 453 Å². The molecule has 6 heteroatoms. The van der Waals surface area contributed by atoms with Crippen molar-refractivity contribution < 1.29 is 17.6 Å². The van der Waals surface area contributed by atoms with Crippen molar-refractivity contribution in [2.75, 3.05) is 9.80 Å². The zero-order valence-corrected chi connectivity index (χ0v) is 44.9. The van der Waals surface area contributed by atoms with E-state index in [1.165, 1.54) is 24.3 Å². The van der Waals surface area contributed by atoms with Gasteiger partial charge < -0.3 is 9.80 Å². The van der Waals surface area contributed by atoms with E-state index < -0.39 is 23.3 Å². The normalized spacial score (nSPS) is 11.6. The first kappa shape index (κ1) is 49.9. The Kier molecular flexibility index (Phi) is 12.5. The van der Waals surface area contributed by atoms with E-state index in [4.69, 9.17) is 0 Å².